The van der Waals surface area contributed by atoms with Crippen LogP contribution in [-0.2, 0) is 11.3 Å². The van der Waals surface area contributed by atoms with Gasteiger partial charge in [-0.2, -0.15) is 11.8 Å². The van der Waals surface area contributed by atoms with Crippen LogP contribution in [0.25, 0.3) is 0 Å². The summed E-state index contributed by atoms with van der Waals surface area (Å²) in [7, 11) is 3.47. The van der Waals surface area contributed by atoms with Crippen molar-refractivity contribution in [3.05, 3.63) is 29.3 Å². The molecule has 1 aromatic carbocycles. The summed E-state index contributed by atoms with van der Waals surface area (Å²) in [6.07, 6.45) is 4.51. The minimum absolute atomic E-state index is 0. The van der Waals surface area contributed by atoms with E-state index in [1.54, 1.807) is 14.2 Å². The van der Waals surface area contributed by atoms with Crippen molar-refractivity contribution in [1.82, 2.24) is 10.6 Å². The number of hydrogen-bond acceptors (Lipinski definition) is 4. The number of nitrogens with one attached hydrogen (secondary N) is 2. The Labute approximate surface area is 173 Å². The molecule has 0 saturated heterocycles. The lowest BCUT2D eigenvalue weighted by Gasteiger charge is -2.15. The zero-order chi connectivity index (χ0) is 17.6. The third-order valence-corrected chi connectivity index (χ3v) is 4.20. The number of unbranched alkanes of at least 4 members (excludes halogenated alkanes) is 1. The molecule has 1 aromatic rings. The summed E-state index contributed by atoms with van der Waals surface area (Å²) >= 11 is 1.89. The van der Waals surface area contributed by atoms with Crippen molar-refractivity contribution in [2.75, 3.05) is 45.9 Å². The van der Waals surface area contributed by atoms with Crippen LogP contribution in [0.15, 0.2) is 23.2 Å². The molecule has 0 aliphatic carbocycles. The van der Waals surface area contributed by atoms with Crippen molar-refractivity contribution in [2.24, 2.45) is 4.99 Å². The minimum atomic E-state index is 0. The average molecular weight is 481 g/mol. The lowest BCUT2D eigenvalue weighted by atomic mass is 10.1. The number of methoxy groups -OCH3 is 1. The molecule has 144 valence electrons. The van der Waals surface area contributed by atoms with Crippen molar-refractivity contribution in [2.45, 2.75) is 26.3 Å². The standard InChI is InChI=1S/C18H31N3O2S.HI/c1-15-7-8-16(17(13-15)23-11-10-22-3)14-21-18(19-2)20-9-5-6-12-24-4;/h7-8,13H,5-6,9-12,14H2,1-4H3,(H2,19,20,21);1H. The zero-order valence-corrected chi connectivity index (χ0v) is 18.9. The first-order valence-corrected chi connectivity index (χ1v) is 9.75. The summed E-state index contributed by atoms with van der Waals surface area (Å²) < 4.78 is 10.9. The molecule has 0 aromatic heterocycles. The van der Waals surface area contributed by atoms with Crippen LogP contribution >= 0.6 is 35.7 Å². The molecule has 0 unspecified atom stereocenters. The second-order valence-corrected chi connectivity index (χ2v) is 6.49. The van der Waals surface area contributed by atoms with Gasteiger partial charge < -0.3 is 20.1 Å². The van der Waals surface area contributed by atoms with Crippen LogP contribution in [0.4, 0.5) is 0 Å². The molecule has 0 fully saturated rings. The second-order valence-electron chi connectivity index (χ2n) is 5.50. The molecular weight excluding hydrogens is 449 g/mol. The van der Waals surface area contributed by atoms with Gasteiger partial charge in [0.25, 0.3) is 0 Å². The number of guanidine groups is 1. The van der Waals surface area contributed by atoms with Gasteiger partial charge in [-0.1, -0.05) is 12.1 Å². The molecule has 0 bridgehead atoms. The molecule has 0 radical (unpaired) electrons. The van der Waals surface area contributed by atoms with E-state index in [1.807, 2.05) is 11.8 Å². The first kappa shape index (κ1) is 24.3. The highest BCUT2D eigenvalue weighted by molar-refractivity contribution is 14.0. The maximum absolute atomic E-state index is 5.82. The molecule has 0 atom stereocenters. The predicted molar refractivity (Wildman–Crippen MR) is 120 cm³/mol. The Hall–Kier alpha value is -0.670. The van der Waals surface area contributed by atoms with Gasteiger partial charge in [-0.25, -0.2) is 0 Å². The fraction of sp³-hybridized carbons (Fsp3) is 0.611. The molecule has 0 spiro atoms. The summed E-state index contributed by atoms with van der Waals surface area (Å²) in [5.74, 6) is 2.93. The van der Waals surface area contributed by atoms with Gasteiger partial charge in [0.2, 0.25) is 0 Å². The molecule has 2 N–H and O–H groups in total. The first-order valence-electron chi connectivity index (χ1n) is 8.36. The number of ether oxygens (including phenoxy) is 2. The van der Waals surface area contributed by atoms with E-state index in [0.29, 0.717) is 19.8 Å². The maximum atomic E-state index is 5.82. The molecule has 1 rings (SSSR count). The molecule has 25 heavy (non-hydrogen) atoms. The van der Waals surface area contributed by atoms with Crippen molar-refractivity contribution < 1.29 is 9.47 Å². The Bertz CT molecular complexity index is 501. The second kappa shape index (κ2) is 15.6. The minimum Gasteiger partial charge on any atom is -0.491 e. The van der Waals surface area contributed by atoms with Crippen LogP contribution in [-0.4, -0.2) is 51.9 Å². The molecule has 5 nitrogen and oxygen atoms in total. The van der Waals surface area contributed by atoms with Gasteiger partial charge in [0.1, 0.15) is 12.4 Å². The van der Waals surface area contributed by atoms with E-state index in [1.165, 1.54) is 17.7 Å². The fourth-order valence-electron chi connectivity index (χ4n) is 2.15. The summed E-state index contributed by atoms with van der Waals surface area (Å²) in [6.45, 7) is 4.81. The molecule has 0 saturated carbocycles. The summed E-state index contributed by atoms with van der Waals surface area (Å²) in [6, 6.07) is 6.25. The zero-order valence-electron chi connectivity index (χ0n) is 15.8. The number of hydrogen-bond donors (Lipinski definition) is 2. The van der Waals surface area contributed by atoms with E-state index >= 15 is 0 Å². The van der Waals surface area contributed by atoms with Crippen LogP contribution in [0.3, 0.4) is 0 Å². The summed E-state index contributed by atoms with van der Waals surface area (Å²) in [5.41, 5.74) is 2.30. The normalized spacial score (nSPS) is 11.0. The van der Waals surface area contributed by atoms with Gasteiger partial charge in [0, 0.05) is 32.8 Å². The van der Waals surface area contributed by atoms with Crippen LogP contribution in [0.2, 0.25) is 0 Å². The maximum Gasteiger partial charge on any atom is 0.191 e. The lowest BCUT2D eigenvalue weighted by Crippen LogP contribution is -2.37. The van der Waals surface area contributed by atoms with Crippen LogP contribution in [0.5, 0.6) is 5.75 Å². The lowest BCUT2D eigenvalue weighted by molar-refractivity contribution is 0.145. The number of rotatable bonds is 11. The van der Waals surface area contributed by atoms with Gasteiger partial charge in [-0.3, -0.25) is 4.99 Å². The molecular formula is C18H32IN3O2S. The number of thioether (sulfide) groups is 1. The third-order valence-electron chi connectivity index (χ3n) is 3.51. The summed E-state index contributed by atoms with van der Waals surface area (Å²) in [4.78, 5) is 4.27. The van der Waals surface area contributed by atoms with Gasteiger partial charge >= 0.3 is 0 Å². The van der Waals surface area contributed by atoms with Crippen molar-refractivity contribution >= 4 is 41.7 Å². The van der Waals surface area contributed by atoms with E-state index < -0.39 is 0 Å². The molecule has 7 heteroatoms. The fourth-order valence-corrected chi connectivity index (χ4v) is 2.65. The Balaban J connectivity index is 0.00000576. The number of aliphatic imine (C=N–C) groups is 1. The SMILES string of the molecule is CN=C(NCCCCSC)NCc1ccc(C)cc1OCCOC.I. The molecule has 0 amide bonds. The van der Waals surface area contributed by atoms with Crippen LogP contribution in [0.1, 0.15) is 24.0 Å². The predicted octanol–water partition coefficient (Wildman–Crippen LogP) is 3.45. The van der Waals surface area contributed by atoms with Gasteiger partial charge in [-0.05, 0) is 43.4 Å². The Morgan fingerprint density at radius 1 is 1.20 bits per heavy atom. The third kappa shape index (κ3) is 10.8. The number of halogens is 1. The molecule has 0 aliphatic heterocycles. The quantitative estimate of drug-likeness (QED) is 0.220. The highest BCUT2D eigenvalue weighted by Crippen LogP contribution is 2.20. The Kier molecular flexibility index (Phi) is 15.2. The monoisotopic (exact) mass is 481 g/mol. The van der Waals surface area contributed by atoms with Gasteiger partial charge in [0.05, 0.1) is 6.61 Å². The van der Waals surface area contributed by atoms with Gasteiger partial charge in [-0.15, -0.1) is 24.0 Å². The molecule has 0 heterocycles. The Morgan fingerprint density at radius 2 is 2.00 bits per heavy atom. The van der Waals surface area contributed by atoms with E-state index in [0.717, 1.165) is 30.2 Å². The average Bonchev–Trinajstić information content (AvgIpc) is 2.59. The van der Waals surface area contributed by atoms with Crippen molar-refractivity contribution in [3.63, 3.8) is 0 Å². The summed E-state index contributed by atoms with van der Waals surface area (Å²) in [5, 5.41) is 6.70. The smallest absolute Gasteiger partial charge is 0.191 e. The Morgan fingerprint density at radius 3 is 2.68 bits per heavy atom. The van der Waals surface area contributed by atoms with E-state index in [-0.39, 0.29) is 24.0 Å². The number of benzene rings is 1. The van der Waals surface area contributed by atoms with Crippen molar-refractivity contribution in [3.8, 4) is 5.75 Å². The highest BCUT2D eigenvalue weighted by atomic mass is 127. The first-order chi connectivity index (χ1) is 11.7. The van der Waals surface area contributed by atoms with E-state index in [4.69, 9.17) is 9.47 Å². The van der Waals surface area contributed by atoms with Crippen LogP contribution in [0, 0.1) is 6.92 Å². The van der Waals surface area contributed by atoms with Gasteiger partial charge in [0.15, 0.2) is 5.96 Å². The largest absolute Gasteiger partial charge is 0.491 e. The number of aryl methyl sites for hydroxylation is 1. The van der Waals surface area contributed by atoms with Crippen LogP contribution < -0.4 is 15.4 Å². The van der Waals surface area contributed by atoms with E-state index in [2.05, 4.69) is 47.0 Å². The van der Waals surface area contributed by atoms with E-state index in [9.17, 15) is 0 Å². The number of nitrogens with zero attached hydrogens (tertiary/aromatic N) is 1. The topological polar surface area (TPSA) is 54.9 Å². The highest BCUT2D eigenvalue weighted by Gasteiger charge is 2.06. The van der Waals surface area contributed by atoms with Crippen molar-refractivity contribution in [1.29, 1.82) is 0 Å². The molecule has 0 aliphatic rings.